The highest BCUT2D eigenvalue weighted by atomic mass is 32.2. The van der Waals surface area contributed by atoms with Gasteiger partial charge in [0, 0.05) is 18.8 Å². The van der Waals surface area contributed by atoms with Crippen LogP contribution in [0.2, 0.25) is 0 Å². The number of carbonyl (C=O) groups is 2. The molecule has 3 atom stereocenters. The summed E-state index contributed by atoms with van der Waals surface area (Å²) in [6, 6.07) is 11.2. The maximum atomic E-state index is 12.9. The Bertz CT molecular complexity index is 1120. The van der Waals surface area contributed by atoms with E-state index in [4.69, 9.17) is 9.47 Å². The Hall–Kier alpha value is -2.91. The van der Waals surface area contributed by atoms with Gasteiger partial charge in [0.05, 0.1) is 22.7 Å². The molecule has 1 aliphatic rings. The van der Waals surface area contributed by atoms with Crippen LogP contribution in [0.4, 0.5) is 5.69 Å². The molecule has 0 bridgehead atoms. The molecular weight excluding hydrogens is 444 g/mol. The number of morpholine rings is 1. The molecule has 1 fully saturated rings. The van der Waals surface area contributed by atoms with E-state index in [0.717, 1.165) is 5.56 Å². The fourth-order valence-electron chi connectivity index (χ4n) is 3.74. The van der Waals surface area contributed by atoms with Gasteiger partial charge in [-0.2, -0.15) is 0 Å². The maximum Gasteiger partial charge on any atom is 0.338 e. The average Bonchev–Trinajstić information content (AvgIpc) is 2.74. The van der Waals surface area contributed by atoms with E-state index in [1.807, 2.05) is 20.8 Å². The first-order valence-corrected chi connectivity index (χ1v) is 12.3. The number of hydrogen-bond donors (Lipinski definition) is 1. The Labute approximate surface area is 194 Å². The van der Waals surface area contributed by atoms with Gasteiger partial charge in [-0.25, -0.2) is 13.2 Å². The second-order valence-electron chi connectivity index (χ2n) is 8.50. The second kappa shape index (κ2) is 9.93. The number of amides is 1. The Morgan fingerprint density at radius 1 is 1.06 bits per heavy atom. The Balaban J connectivity index is 1.74. The van der Waals surface area contributed by atoms with Crippen molar-refractivity contribution >= 4 is 27.6 Å². The molecule has 0 aromatic heterocycles. The van der Waals surface area contributed by atoms with Crippen molar-refractivity contribution in [2.75, 3.05) is 17.8 Å². The second-order valence-corrected chi connectivity index (χ2v) is 10.2. The van der Waals surface area contributed by atoms with E-state index < -0.39 is 22.1 Å². The third kappa shape index (κ3) is 6.11. The van der Waals surface area contributed by atoms with Crippen LogP contribution in [0.15, 0.2) is 47.4 Å². The summed E-state index contributed by atoms with van der Waals surface area (Å²) in [6.45, 7) is 9.66. The van der Waals surface area contributed by atoms with E-state index in [1.54, 1.807) is 36.1 Å². The molecule has 0 unspecified atom stereocenters. The molecule has 0 spiro atoms. The van der Waals surface area contributed by atoms with Crippen molar-refractivity contribution < 1.29 is 27.5 Å². The Morgan fingerprint density at radius 3 is 2.27 bits per heavy atom. The zero-order valence-corrected chi connectivity index (χ0v) is 20.3. The van der Waals surface area contributed by atoms with Crippen molar-refractivity contribution in [3.8, 4) is 0 Å². The standard InChI is InChI=1S/C24H30N2O6S/c1-15-6-10-21(11-7-15)25-33(29,30)22-12-20(9-8-16(22)2)24(28)32-19(5)23(27)26-13-17(3)31-18(4)14-26/h6-12,17-19,25H,13-14H2,1-5H3/t17-,18+,19-/m0/s1. The lowest BCUT2D eigenvalue weighted by atomic mass is 10.1. The molecule has 1 amide bonds. The lowest BCUT2D eigenvalue weighted by molar-refractivity contribution is -0.151. The molecule has 2 aromatic carbocycles. The van der Waals surface area contributed by atoms with Gasteiger partial charge in [-0.3, -0.25) is 9.52 Å². The third-order valence-electron chi connectivity index (χ3n) is 5.38. The van der Waals surface area contributed by atoms with Crippen molar-refractivity contribution in [1.29, 1.82) is 0 Å². The average molecular weight is 475 g/mol. The van der Waals surface area contributed by atoms with Gasteiger partial charge in [0.25, 0.3) is 15.9 Å². The molecule has 33 heavy (non-hydrogen) atoms. The number of ether oxygens (including phenoxy) is 2. The number of aryl methyl sites for hydroxylation is 2. The fourth-order valence-corrected chi connectivity index (χ4v) is 5.07. The largest absolute Gasteiger partial charge is 0.449 e. The van der Waals surface area contributed by atoms with Crippen molar-refractivity contribution in [3.63, 3.8) is 0 Å². The molecule has 0 aliphatic carbocycles. The predicted octanol–water partition coefficient (Wildman–Crippen LogP) is 3.29. The molecule has 0 saturated carbocycles. The molecular formula is C24H30N2O6S. The normalized spacial score (nSPS) is 19.6. The zero-order chi connectivity index (χ0) is 24.3. The van der Waals surface area contributed by atoms with Crippen LogP contribution in [-0.2, 0) is 24.3 Å². The summed E-state index contributed by atoms with van der Waals surface area (Å²) in [5.74, 6) is -1.08. The van der Waals surface area contributed by atoms with Crippen LogP contribution in [0.5, 0.6) is 0 Å². The van der Waals surface area contributed by atoms with Crippen LogP contribution in [0.3, 0.4) is 0 Å². The number of rotatable bonds is 6. The number of esters is 1. The summed E-state index contributed by atoms with van der Waals surface area (Å²) in [5.41, 5.74) is 1.95. The van der Waals surface area contributed by atoms with Crippen LogP contribution in [0.1, 0.15) is 42.3 Å². The summed E-state index contributed by atoms with van der Waals surface area (Å²) in [7, 11) is -3.93. The molecule has 3 rings (SSSR count). The van der Waals surface area contributed by atoms with Gasteiger partial charge < -0.3 is 14.4 Å². The first-order valence-electron chi connectivity index (χ1n) is 10.8. The van der Waals surface area contributed by atoms with Gasteiger partial charge in [0.15, 0.2) is 6.10 Å². The molecule has 2 aromatic rings. The van der Waals surface area contributed by atoms with Crippen molar-refractivity contribution in [2.24, 2.45) is 0 Å². The number of anilines is 1. The number of nitrogens with zero attached hydrogens (tertiary/aromatic N) is 1. The van der Waals surface area contributed by atoms with Crippen LogP contribution in [0.25, 0.3) is 0 Å². The zero-order valence-electron chi connectivity index (χ0n) is 19.5. The van der Waals surface area contributed by atoms with E-state index in [9.17, 15) is 18.0 Å². The minimum Gasteiger partial charge on any atom is -0.449 e. The minimum absolute atomic E-state index is 0.0349. The Kier molecular flexibility index (Phi) is 7.44. The van der Waals surface area contributed by atoms with Gasteiger partial charge in [0.1, 0.15) is 0 Å². The van der Waals surface area contributed by atoms with E-state index >= 15 is 0 Å². The van der Waals surface area contributed by atoms with E-state index in [0.29, 0.717) is 24.3 Å². The molecule has 1 saturated heterocycles. The van der Waals surface area contributed by atoms with Crippen LogP contribution in [0, 0.1) is 13.8 Å². The number of hydrogen-bond acceptors (Lipinski definition) is 6. The van der Waals surface area contributed by atoms with Crippen LogP contribution in [-0.4, -0.2) is 56.6 Å². The molecule has 1 heterocycles. The lowest BCUT2D eigenvalue weighted by Gasteiger charge is -2.36. The van der Waals surface area contributed by atoms with Gasteiger partial charge in [0.2, 0.25) is 0 Å². The monoisotopic (exact) mass is 474 g/mol. The highest BCUT2D eigenvalue weighted by Crippen LogP contribution is 2.22. The topological polar surface area (TPSA) is 102 Å². The van der Waals surface area contributed by atoms with Crippen LogP contribution >= 0.6 is 0 Å². The summed E-state index contributed by atoms with van der Waals surface area (Å²) in [4.78, 5) is 27.1. The van der Waals surface area contributed by atoms with Gasteiger partial charge in [-0.1, -0.05) is 23.8 Å². The quantitative estimate of drug-likeness (QED) is 0.645. The molecule has 8 nitrogen and oxygen atoms in total. The summed E-state index contributed by atoms with van der Waals surface area (Å²) in [6.07, 6.45) is -1.22. The predicted molar refractivity (Wildman–Crippen MR) is 125 cm³/mol. The number of nitrogens with one attached hydrogen (secondary N) is 1. The minimum atomic E-state index is -3.93. The first-order chi connectivity index (χ1) is 15.5. The SMILES string of the molecule is Cc1ccc(NS(=O)(=O)c2cc(C(=O)O[C@@H](C)C(=O)N3C[C@@H](C)O[C@@H](C)C3)ccc2C)cc1. The highest BCUT2D eigenvalue weighted by molar-refractivity contribution is 7.92. The van der Waals surface area contributed by atoms with Gasteiger partial charge in [-0.05, 0) is 64.4 Å². The molecule has 178 valence electrons. The smallest absolute Gasteiger partial charge is 0.338 e. The lowest BCUT2D eigenvalue weighted by Crippen LogP contribution is -2.51. The van der Waals surface area contributed by atoms with Crippen LogP contribution < -0.4 is 4.72 Å². The van der Waals surface area contributed by atoms with Crippen molar-refractivity contribution in [1.82, 2.24) is 4.90 Å². The number of carbonyl (C=O) groups excluding carboxylic acids is 2. The molecule has 1 N–H and O–H groups in total. The van der Waals surface area contributed by atoms with Gasteiger partial charge >= 0.3 is 5.97 Å². The van der Waals surface area contributed by atoms with Crippen molar-refractivity contribution in [2.45, 2.75) is 57.8 Å². The maximum absolute atomic E-state index is 12.9. The molecule has 9 heteroatoms. The molecule has 1 aliphatic heterocycles. The fraction of sp³-hybridized carbons (Fsp3) is 0.417. The number of sulfonamides is 1. The third-order valence-corrected chi connectivity index (χ3v) is 6.90. The van der Waals surface area contributed by atoms with Crippen molar-refractivity contribution in [3.05, 3.63) is 59.2 Å². The first kappa shape index (κ1) is 24.7. The Morgan fingerprint density at radius 2 is 1.67 bits per heavy atom. The van der Waals surface area contributed by atoms with Gasteiger partial charge in [-0.15, -0.1) is 0 Å². The van der Waals surface area contributed by atoms with E-state index in [-0.39, 0.29) is 28.6 Å². The number of benzene rings is 2. The van der Waals surface area contributed by atoms with E-state index in [1.165, 1.54) is 25.1 Å². The summed E-state index contributed by atoms with van der Waals surface area (Å²) in [5, 5.41) is 0. The summed E-state index contributed by atoms with van der Waals surface area (Å²) >= 11 is 0. The highest BCUT2D eigenvalue weighted by Gasteiger charge is 2.31. The molecule has 0 radical (unpaired) electrons. The summed E-state index contributed by atoms with van der Waals surface area (Å²) < 4.78 is 39.4. The van der Waals surface area contributed by atoms with E-state index in [2.05, 4.69) is 4.72 Å².